The zero-order chi connectivity index (χ0) is 15.8. The molecule has 0 aliphatic rings. The summed E-state index contributed by atoms with van der Waals surface area (Å²) in [5.74, 6) is -0.579. The Balaban J connectivity index is 3.06. The highest BCUT2D eigenvalue weighted by atomic mass is 19.1. The highest BCUT2D eigenvalue weighted by Crippen LogP contribution is 2.22. The summed E-state index contributed by atoms with van der Waals surface area (Å²) >= 11 is 0. The first-order chi connectivity index (χ1) is 10.0. The van der Waals surface area contributed by atoms with Gasteiger partial charge in [-0.05, 0) is 32.4 Å². The standard InChI is InChI=1S/C16H25FN2O2/c1-5-9-18-15-13(7-6-8-14(15)17)16(20)19(12(2)3)10-11-21-4/h6-8,12,18H,5,9-11H2,1-4H3. The highest BCUT2D eigenvalue weighted by Gasteiger charge is 2.22. The van der Waals surface area contributed by atoms with Gasteiger partial charge < -0.3 is 15.0 Å². The van der Waals surface area contributed by atoms with Crippen LogP contribution in [0.25, 0.3) is 0 Å². The van der Waals surface area contributed by atoms with Crippen molar-refractivity contribution in [2.45, 2.75) is 33.2 Å². The Morgan fingerprint density at radius 3 is 2.71 bits per heavy atom. The van der Waals surface area contributed by atoms with E-state index in [2.05, 4.69) is 5.32 Å². The van der Waals surface area contributed by atoms with E-state index < -0.39 is 5.82 Å². The average Bonchev–Trinajstić information content (AvgIpc) is 2.45. The van der Waals surface area contributed by atoms with E-state index in [4.69, 9.17) is 4.74 Å². The summed E-state index contributed by atoms with van der Waals surface area (Å²) in [6.07, 6.45) is 0.861. The predicted molar refractivity (Wildman–Crippen MR) is 83.2 cm³/mol. The maximum atomic E-state index is 14.0. The van der Waals surface area contributed by atoms with Gasteiger partial charge in [0, 0.05) is 26.2 Å². The molecule has 1 aromatic carbocycles. The molecule has 5 heteroatoms. The van der Waals surface area contributed by atoms with Gasteiger partial charge >= 0.3 is 0 Å². The molecule has 4 nitrogen and oxygen atoms in total. The van der Waals surface area contributed by atoms with Crippen LogP contribution in [0.3, 0.4) is 0 Å². The van der Waals surface area contributed by atoms with Crippen LogP contribution in [0.2, 0.25) is 0 Å². The zero-order valence-electron chi connectivity index (χ0n) is 13.3. The van der Waals surface area contributed by atoms with Crippen LogP contribution in [0, 0.1) is 5.82 Å². The fraction of sp³-hybridized carbons (Fsp3) is 0.562. The third-order valence-electron chi connectivity index (χ3n) is 3.22. The lowest BCUT2D eigenvalue weighted by Crippen LogP contribution is -2.39. The summed E-state index contributed by atoms with van der Waals surface area (Å²) in [6, 6.07) is 4.61. The topological polar surface area (TPSA) is 41.6 Å². The maximum absolute atomic E-state index is 14.0. The predicted octanol–water partition coefficient (Wildman–Crippen LogP) is 3.14. The molecular formula is C16H25FN2O2. The van der Waals surface area contributed by atoms with E-state index >= 15 is 0 Å². The van der Waals surface area contributed by atoms with Gasteiger partial charge in [-0.1, -0.05) is 13.0 Å². The van der Waals surface area contributed by atoms with Gasteiger partial charge in [0.15, 0.2) is 0 Å². The lowest BCUT2D eigenvalue weighted by Gasteiger charge is -2.27. The van der Waals surface area contributed by atoms with Crippen molar-refractivity contribution in [3.63, 3.8) is 0 Å². The minimum absolute atomic E-state index is 0.0231. The smallest absolute Gasteiger partial charge is 0.256 e. The van der Waals surface area contributed by atoms with Gasteiger partial charge in [0.05, 0.1) is 17.9 Å². The molecule has 0 radical (unpaired) electrons. The van der Waals surface area contributed by atoms with Crippen LogP contribution in [0.1, 0.15) is 37.6 Å². The SMILES string of the molecule is CCCNc1c(F)cccc1C(=O)N(CCOC)C(C)C. The van der Waals surface area contributed by atoms with Crippen molar-refractivity contribution in [2.24, 2.45) is 0 Å². The average molecular weight is 296 g/mol. The number of carbonyl (C=O) groups is 1. The van der Waals surface area contributed by atoms with Crippen molar-refractivity contribution in [3.05, 3.63) is 29.6 Å². The van der Waals surface area contributed by atoms with Crippen LogP contribution in [-0.4, -0.2) is 43.7 Å². The molecule has 0 aliphatic carbocycles. The van der Waals surface area contributed by atoms with Crippen molar-refractivity contribution in [1.29, 1.82) is 0 Å². The second-order valence-corrected chi connectivity index (χ2v) is 5.17. The number of hydrogen-bond acceptors (Lipinski definition) is 3. The monoisotopic (exact) mass is 296 g/mol. The first-order valence-electron chi connectivity index (χ1n) is 7.35. The van der Waals surface area contributed by atoms with Crippen molar-refractivity contribution >= 4 is 11.6 Å². The lowest BCUT2D eigenvalue weighted by atomic mass is 10.1. The Kier molecular flexibility index (Phi) is 7.15. The van der Waals surface area contributed by atoms with Crippen LogP contribution < -0.4 is 5.32 Å². The zero-order valence-corrected chi connectivity index (χ0v) is 13.3. The summed E-state index contributed by atoms with van der Waals surface area (Å²) in [4.78, 5) is 14.4. The Hall–Kier alpha value is -1.62. The second kappa shape index (κ2) is 8.62. The highest BCUT2D eigenvalue weighted by molar-refractivity contribution is 5.99. The molecule has 1 N–H and O–H groups in total. The largest absolute Gasteiger partial charge is 0.383 e. The van der Waals surface area contributed by atoms with Gasteiger partial charge in [-0.3, -0.25) is 4.79 Å². The van der Waals surface area contributed by atoms with Crippen LogP contribution in [0.5, 0.6) is 0 Å². The Bertz CT molecular complexity index is 464. The van der Waals surface area contributed by atoms with E-state index in [1.807, 2.05) is 20.8 Å². The van der Waals surface area contributed by atoms with Crippen LogP contribution in [0.15, 0.2) is 18.2 Å². The molecule has 0 spiro atoms. The number of methoxy groups -OCH3 is 1. The van der Waals surface area contributed by atoms with E-state index in [-0.39, 0.29) is 17.6 Å². The number of nitrogens with one attached hydrogen (secondary N) is 1. The molecule has 0 atom stereocenters. The maximum Gasteiger partial charge on any atom is 0.256 e. The Labute approximate surface area is 126 Å². The lowest BCUT2D eigenvalue weighted by molar-refractivity contribution is 0.0635. The van der Waals surface area contributed by atoms with Gasteiger partial charge in [-0.15, -0.1) is 0 Å². The molecule has 1 aromatic rings. The molecule has 118 valence electrons. The molecule has 0 heterocycles. The Morgan fingerprint density at radius 2 is 2.14 bits per heavy atom. The van der Waals surface area contributed by atoms with E-state index in [0.717, 1.165) is 6.42 Å². The van der Waals surface area contributed by atoms with E-state index in [1.165, 1.54) is 6.07 Å². The number of nitrogens with zero attached hydrogens (tertiary/aromatic N) is 1. The van der Waals surface area contributed by atoms with E-state index in [0.29, 0.717) is 25.3 Å². The number of ether oxygens (including phenoxy) is 1. The number of anilines is 1. The van der Waals surface area contributed by atoms with Crippen molar-refractivity contribution in [3.8, 4) is 0 Å². The minimum atomic E-state index is -0.398. The third kappa shape index (κ3) is 4.70. The molecule has 0 bridgehead atoms. The summed E-state index contributed by atoms with van der Waals surface area (Å²) in [7, 11) is 1.60. The van der Waals surface area contributed by atoms with Crippen LogP contribution in [0.4, 0.5) is 10.1 Å². The molecule has 0 saturated heterocycles. The first-order valence-corrected chi connectivity index (χ1v) is 7.35. The molecule has 0 aliphatic heterocycles. The molecule has 1 amide bonds. The quantitative estimate of drug-likeness (QED) is 0.801. The van der Waals surface area contributed by atoms with Crippen LogP contribution >= 0.6 is 0 Å². The van der Waals surface area contributed by atoms with Crippen molar-refractivity contribution in [2.75, 3.05) is 32.1 Å². The van der Waals surface area contributed by atoms with Crippen molar-refractivity contribution in [1.82, 2.24) is 4.90 Å². The molecule has 1 rings (SSSR count). The number of hydrogen-bond donors (Lipinski definition) is 1. The van der Waals surface area contributed by atoms with Gasteiger partial charge in [-0.2, -0.15) is 0 Å². The number of amides is 1. The number of benzene rings is 1. The normalized spacial score (nSPS) is 10.8. The van der Waals surface area contributed by atoms with Gasteiger partial charge in [0.2, 0.25) is 0 Å². The molecule has 21 heavy (non-hydrogen) atoms. The minimum Gasteiger partial charge on any atom is -0.383 e. The fourth-order valence-corrected chi connectivity index (χ4v) is 2.07. The number of para-hydroxylation sites is 1. The summed E-state index contributed by atoms with van der Waals surface area (Å²) in [6.45, 7) is 7.43. The van der Waals surface area contributed by atoms with E-state index in [1.54, 1.807) is 24.1 Å². The second-order valence-electron chi connectivity index (χ2n) is 5.17. The Morgan fingerprint density at radius 1 is 1.43 bits per heavy atom. The van der Waals surface area contributed by atoms with Gasteiger partial charge in [0.1, 0.15) is 5.82 Å². The van der Waals surface area contributed by atoms with Crippen molar-refractivity contribution < 1.29 is 13.9 Å². The third-order valence-corrected chi connectivity index (χ3v) is 3.22. The summed E-state index contributed by atoms with van der Waals surface area (Å²) in [5.41, 5.74) is 0.653. The molecule has 0 unspecified atom stereocenters. The number of carbonyl (C=O) groups excluding carboxylic acids is 1. The summed E-state index contributed by atoms with van der Waals surface area (Å²) < 4.78 is 19.0. The van der Waals surface area contributed by atoms with E-state index in [9.17, 15) is 9.18 Å². The van der Waals surface area contributed by atoms with Crippen LogP contribution in [-0.2, 0) is 4.74 Å². The fourth-order valence-electron chi connectivity index (χ4n) is 2.07. The molecule has 0 aromatic heterocycles. The molecule has 0 fully saturated rings. The number of rotatable bonds is 8. The van der Waals surface area contributed by atoms with Gasteiger partial charge in [0.25, 0.3) is 5.91 Å². The summed E-state index contributed by atoms with van der Waals surface area (Å²) in [5, 5.41) is 3.01. The molecular weight excluding hydrogens is 271 g/mol. The first kappa shape index (κ1) is 17.4. The number of halogens is 1. The van der Waals surface area contributed by atoms with Gasteiger partial charge in [-0.25, -0.2) is 4.39 Å². The molecule has 0 saturated carbocycles.